The molecule has 3 aromatic carbocycles. The van der Waals surface area contributed by atoms with E-state index in [1.165, 1.54) is 4.31 Å². The minimum absolute atomic E-state index is 0.169. The molecule has 0 atom stereocenters. The zero-order valence-corrected chi connectivity index (χ0v) is 23.5. The Morgan fingerprint density at radius 3 is 2.23 bits per heavy atom. The quantitative estimate of drug-likeness (QED) is 0.415. The fourth-order valence-corrected chi connectivity index (χ4v) is 6.27. The molecule has 0 unspecified atom stereocenters. The van der Waals surface area contributed by atoms with E-state index in [0.29, 0.717) is 37.8 Å². The molecule has 9 heteroatoms. The summed E-state index contributed by atoms with van der Waals surface area (Å²) < 4.78 is 39.6. The Morgan fingerprint density at radius 2 is 1.56 bits per heavy atom. The lowest BCUT2D eigenvalue weighted by molar-refractivity contribution is -0.131. The highest BCUT2D eigenvalue weighted by Gasteiger charge is 2.30. The maximum absolute atomic E-state index is 13.7. The van der Waals surface area contributed by atoms with Gasteiger partial charge in [-0.2, -0.15) is 0 Å². The average molecular weight is 550 g/mol. The van der Waals surface area contributed by atoms with Crippen LogP contribution in [0.1, 0.15) is 36.5 Å². The van der Waals surface area contributed by atoms with Gasteiger partial charge in [0.15, 0.2) is 11.5 Å². The van der Waals surface area contributed by atoms with Gasteiger partial charge in [-0.25, -0.2) is 8.42 Å². The van der Waals surface area contributed by atoms with E-state index < -0.39 is 10.0 Å². The van der Waals surface area contributed by atoms with E-state index in [0.717, 1.165) is 34.7 Å². The number of carbonyl (C=O) groups excluding carboxylic acids is 1. The van der Waals surface area contributed by atoms with E-state index in [1.54, 1.807) is 41.3 Å². The van der Waals surface area contributed by atoms with Crippen molar-refractivity contribution in [2.75, 3.05) is 43.8 Å². The predicted molar refractivity (Wildman–Crippen MR) is 151 cm³/mol. The van der Waals surface area contributed by atoms with Crippen molar-refractivity contribution >= 4 is 21.6 Å². The number of hydrogen-bond acceptors (Lipinski definition) is 6. The van der Waals surface area contributed by atoms with Crippen LogP contribution >= 0.6 is 0 Å². The number of carbonyl (C=O) groups is 1. The molecule has 206 valence electrons. The molecule has 1 saturated heterocycles. The summed E-state index contributed by atoms with van der Waals surface area (Å²) >= 11 is 0. The summed E-state index contributed by atoms with van der Waals surface area (Å²) in [6.45, 7) is 9.31. The van der Waals surface area contributed by atoms with Gasteiger partial charge in [-0.05, 0) is 60.4 Å². The van der Waals surface area contributed by atoms with E-state index in [9.17, 15) is 13.2 Å². The van der Waals surface area contributed by atoms with Crippen molar-refractivity contribution in [1.82, 2.24) is 9.80 Å². The van der Waals surface area contributed by atoms with Crippen LogP contribution in [0.2, 0.25) is 0 Å². The number of amides is 1. The topological polar surface area (TPSA) is 79.4 Å². The molecule has 2 aliphatic heterocycles. The van der Waals surface area contributed by atoms with Crippen LogP contribution < -0.4 is 13.8 Å². The van der Waals surface area contributed by atoms with Gasteiger partial charge >= 0.3 is 0 Å². The van der Waals surface area contributed by atoms with Crippen molar-refractivity contribution in [3.8, 4) is 11.5 Å². The van der Waals surface area contributed by atoms with E-state index in [2.05, 4.69) is 18.7 Å². The number of hydrogen-bond donors (Lipinski definition) is 0. The van der Waals surface area contributed by atoms with Crippen molar-refractivity contribution in [3.63, 3.8) is 0 Å². The van der Waals surface area contributed by atoms with Crippen LogP contribution in [0.15, 0.2) is 71.6 Å². The fourth-order valence-electron chi connectivity index (χ4n) is 4.85. The van der Waals surface area contributed by atoms with E-state index in [4.69, 9.17) is 9.47 Å². The first-order valence-corrected chi connectivity index (χ1v) is 14.7. The number of benzene rings is 3. The van der Waals surface area contributed by atoms with Crippen LogP contribution in [0.25, 0.3) is 0 Å². The number of anilines is 1. The summed E-state index contributed by atoms with van der Waals surface area (Å²) in [6.07, 6.45) is 0. The van der Waals surface area contributed by atoms with Gasteiger partial charge in [0.05, 0.1) is 10.6 Å². The predicted octanol–water partition coefficient (Wildman–Crippen LogP) is 4.39. The standard InChI is InChI=1S/C30H35N3O5S/c1-22(2)25-7-9-26(10-8-25)33(39(35,36)27-11-4-23(3)5-12-27)20-30(34)32-16-14-31(15-17-32)19-24-6-13-28-29(18-24)38-21-37-28/h4-13,18,22H,14-17,19-21H2,1-3H3. The number of sulfonamides is 1. The zero-order chi connectivity index (χ0) is 27.6. The first kappa shape index (κ1) is 27.0. The van der Waals surface area contributed by atoms with Gasteiger partial charge in [0.25, 0.3) is 10.0 Å². The number of ether oxygens (including phenoxy) is 2. The molecule has 1 amide bonds. The highest BCUT2D eigenvalue weighted by Crippen LogP contribution is 2.33. The van der Waals surface area contributed by atoms with Crippen molar-refractivity contribution in [2.45, 2.75) is 38.1 Å². The van der Waals surface area contributed by atoms with Crippen molar-refractivity contribution in [3.05, 3.63) is 83.4 Å². The third-order valence-electron chi connectivity index (χ3n) is 7.30. The Kier molecular flexibility index (Phi) is 7.81. The molecule has 8 nitrogen and oxygen atoms in total. The Hall–Kier alpha value is -3.56. The van der Waals surface area contributed by atoms with E-state index >= 15 is 0 Å². The van der Waals surface area contributed by atoms with Gasteiger partial charge in [-0.3, -0.25) is 14.0 Å². The molecule has 5 rings (SSSR count). The van der Waals surface area contributed by atoms with Gasteiger partial charge in [0, 0.05) is 32.7 Å². The van der Waals surface area contributed by atoms with Crippen LogP contribution in [-0.2, 0) is 21.4 Å². The molecule has 0 aromatic heterocycles. The van der Waals surface area contributed by atoms with Crippen LogP contribution in [-0.4, -0.2) is 63.6 Å². The average Bonchev–Trinajstić information content (AvgIpc) is 3.40. The lowest BCUT2D eigenvalue weighted by atomic mass is 10.0. The third-order valence-corrected chi connectivity index (χ3v) is 9.09. The van der Waals surface area contributed by atoms with Gasteiger partial charge in [-0.15, -0.1) is 0 Å². The van der Waals surface area contributed by atoms with Crippen molar-refractivity contribution in [2.24, 2.45) is 0 Å². The highest BCUT2D eigenvalue weighted by atomic mass is 32.2. The Balaban J connectivity index is 1.28. The summed E-state index contributed by atoms with van der Waals surface area (Å²) in [6, 6.07) is 20.1. The molecule has 0 saturated carbocycles. The second-order valence-corrected chi connectivity index (χ2v) is 12.3. The Labute approximate surface area is 230 Å². The first-order chi connectivity index (χ1) is 18.7. The molecule has 2 aliphatic rings. The highest BCUT2D eigenvalue weighted by molar-refractivity contribution is 7.92. The lowest BCUT2D eigenvalue weighted by Crippen LogP contribution is -2.51. The molecule has 0 N–H and O–H groups in total. The number of nitrogens with zero attached hydrogens (tertiary/aromatic N) is 3. The summed E-state index contributed by atoms with van der Waals surface area (Å²) in [5, 5.41) is 0. The Bertz CT molecular complexity index is 1410. The smallest absolute Gasteiger partial charge is 0.264 e. The van der Waals surface area contributed by atoms with Crippen LogP contribution in [0.3, 0.4) is 0 Å². The largest absolute Gasteiger partial charge is 0.454 e. The van der Waals surface area contributed by atoms with E-state index in [-0.39, 0.29) is 24.1 Å². The zero-order valence-electron chi connectivity index (χ0n) is 22.7. The molecule has 0 bridgehead atoms. The first-order valence-electron chi connectivity index (χ1n) is 13.3. The lowest BCUT2D eigenvalue weighted by Gasteiger charge is -2.36. The fraction of sp³-hybridized carbons (Fsp3) is 0.367. The summed E-state index contributed by atoms with van der Waals surface area (Å²) in [4.78, 5) is 17.7. The molecular weight excluding hydrogens is 514 g/mol. The molecule has 0 aliphatic carbocycles. The second-order valence-electron chi connectivity index (χ2n) is 10.4. The van der Waals surface area contributed by atoms with Gasteiger partial charge < -0.3 is 14.4 Å². The minimum atomic E-state index is -3.94. The van der Waals surface area contributed by atoms with Crippen LogP contribution in [0.4, 0.5) is 5.69 Å². The van der Waals surface area contributed by atoms with E-state index in [1.807, 2.05) is 37.3 Å². The number of piperazine rings is 1. The maximum Gasteiger partial charge on any atom is 0.264 e. The summed E-state index contributed by atoms with van der Waals surface area (Å²) in [5.74, 6) is 1.63. The molecule has 1 fully saturated rings. The van der Waals surface area contributed by atoms with Crippen molar-refractivity contribution in [1.29, 1.82) is 0 Å². The molecule has 3 aromatic rings. The maximum atomic E-state index is 13.7. The Morgan fingerprint density at radius 1 is 0.897 bits per heavy atom. The van der Waals surface area contributed by atoms with Crippen LogP contribution in [0, 0.1) is 6.92 Å². The SMILES string of the molecule is Cc1ccc(S(=O)(=O)N(CC(=O)N2CCN(Cc3ccc4c(c3)OCO4)CC2)c2ccc(C(C)C)cc2)cc1. The number of aryl methyl sites for hydroxylation is 1. The van der Waals surface area contributed by atoms with Gasteiger partial charge in [0.2, 0.25) is 12.7 Å². The van der Waals surface area contributed by atoms with Crippen molar-refractivity contribution < 1.29 is 22.7 Å². The molecule has 2 heterocycles. The number of fused-ring (bicyclic) bond motifs is 1. The molecule has 0 spiro atoms. The third kappa shape index (κ3) is 6.04. The normalized spacial score (nSPS) is 15.5. The molecule has 0 radical (unpaired) electrons. The molecular formula is C30H35N3O5S. The second kappa shape index (κ2) is 11.3. The number of rotatable bonds is 8. The summed E-state index contributed by atoms with van der Waals surface area (Å²) in [5.41, 5.74) is 3.68. The summed E-state index contributed by atoms with van der Waals surface area (Å²) in [7, 11) is -3.94. The van der Waals surface area contributed by atoms with Gasteiger partial charge in [0.1, 0.15) is 6.54 Å². The van der Waals surface area contributed by atoms with Crippen LogP contribution in [0.5, 0.6) is 11.5 Å². The molecule has 39 heavy (non-hydrogen) atoms. The monoisotopic (exact) mass is 549 g/mol. The minimum Gasteiger partial charge on any atom is -0.454 e. The van der Waals surface area contributed by atoms with Gasteiger partial charge in [-0.1, -0.05) is 49.7 Å².